The van der Waals surface area contributed by atoms with Gasteiger partial charge in [0.2, 0.25) is 0 Å². The van der Waals surface area contributed by atoms with Gasteiger partial charge in [0.15, 0.2) is 6.61 Å². The van der Waals surface area contributed by atoms with E-state index in [1.54, 1.807) is 36.4 Å². The van der Waals surface area contributed by atoms with Crippen LogP contribution in [-0.4, -0.2) is 30.5 Å². The number of anilines is 1. The molecule has 0 radical (unpaired) electrons. The molecule has 0 spiro atoms. The molecule has 3 N–H and O–H groups in total. The topological polar surface area (TPSA) is 122 Å². The molecule has 3 rings (SSSR count). The Morgan fingerprint density at radius 2 is 1.88 bits per heavy atom. The Kier molecular flexibility index (Phi) is 8.35. The summed E-state index contributed by atoms with van der Waals surface area (Å²) in [5.41, 5.74) is 4.57. The number of ether oxygens (including phenoxy) is 1. The summed E-state index contributed by atoms with van der Waals surface area (Å²) in [6.07, 6.45) is 3.64. The molecule has 0 aliphatic rings. The smallest absolute Gasteiger partial charge is 0.329 e. The SMILES string of the molecule is CCc1ccccc1NC(=O)COc1cccc(/C=N\NC(=O)C(=O)NCc2ccco2)c1. The molecule has 1 aromatic heterocycles. The summed E-state index contributed by atoms with van der Waals surface area (Å²) in [6, 6.07) is 17.8. The fourth-order valence-corrected chi connectivity index (χ4v) is 2.85. The van der Waals surface area contributed by atoms with Crippen molar-refractivity contribution >= 4 is 29.6 Å². The maximum atomic E-state index is 12.2. The lowest BCUT2D eigenvalue weighted by Gasteiger charge is -2.10. The van der Waals surface area contributed by atoms with Crippen LogP contribution in [-0.2, 0) is 27.3 Å². The maximum absolute atomic E-state index is 12.2. The van der Waals surface area contributed by atoms with Crippen LogP contribution >= 0.6 is 0 Å². The Balaban J connectivity index is 1.45. The predicted molar refractivity (Wildman–Crippen MR) is 123 cm³/mol. The van der Waals surface area contributed by atoms with E-state index >= 15 is 0 Å². The van der Waals surface area contributed by atoms with Gasteiger partial charge in [-0.05, 0) is 47.9 Å². The zero-order valence-electron chi connectivity index (χ0n) is 18.0. The molecule has 33 heavy (non-hydrogen) atoms. The standard InChI is InChI=1S/C24H24N4O5/c1-2-18-8-3-4-11-21(18)27-22(29)16-33-19-9-5-7-17(13-19)14-26-28-24(31)23(30)25-15-20-10-6-12-32-20/h3-14H,2,15-16H2,1H3,(H,25,30)(H,27,29)(H,28,31)/b26-14-. The minimum Gasteiger partial charge on any atom is -0.484 e. The predicted octanol–water partition coefficient (Wildman–Crippen LogP) is 2.63. The molecular weight excluding hydrogens is 424 g/mol. The third-order valence-corrected chi connectivity index (χ3v) is 4.49. The number of nitrogens with zero attached hydrogens (tertiary/aromatic N) is 1. The molecule has 2 aromatic carbocycles. The summed E-state index contributed by atoms with van der Waals surface area (Å²) in [7, 11) is 0. The second-order valence-corrected chi connectivity index (χ2v) is 6.88. The van der Waals surface area contributed by atoms with E-state index in [2.05, 4.69) is 21.2 Å². The minimum atomic E-state index is -0.908. The quantitative estimate of drug-likeness (QED) is 0.264. The zero-order valence-corrected chi connectivity index (χ0v) is 18.0. The molecule has 0 atom stereocenters. The zero-order chi connectivity index (χ0) is 23.5. The molecule has 9 nitrogen and oxygen atoms in total. The first-order chi connectivity index (χ1) is 16.0. The Morgan fingerprint density at radius 3 is 2.67 bits per heavy atom. The number of rotatable bonds is 9. The second kappa shape index (κ2) is 11.8. The van der Waals surface area contributed by atoms with Gasteiger partial charge in [0.05, 0.1) is 19.0 Å². The van der Waals surface area contributed by atoms with Gasteiger partial charge in [0.1, 0.15) is 11.5 Å². The van der Waals surface area contributed by atoms with Gasteiger partial charge in [-0.15, -0.1) is 0 Å². The molecule has 0 saturated carbocycles. The maximum Gasteiger partial charge on any atom is 0.329 e. The number of hydrazone groups is 1. The Morgan fingerprint density at radius 1 is 1.03 bits per heavy atom. The van der Waals surface area contributed by atoms with Gasteiger partial charge in [-0.2, -0.15) is 5.10 Å². The van der Waals surface area contributed by atoms with Gasteiger partial charge in [0.25, 0.3) is 5.91 Å². The largest absolute Gasteiger partial charge is 0.484 e. The van der Waals surface area contributed by atoms with Crippen LogP contribution in [0.2, 0.25) is 0 Å². The average molecular weight is 448 g/mol. The van der Waals surface area contributed by atoms with Crippen LogP contribution in [0, 0.1) is 0 Å². The lowest BCUT2D eigenvalue weighted by Crippen LogP contribution is -2.37. The first-order valence-electron chi connectivity index (χ1n) is 10.3. The molecule has 170 valence electrons. The number of carbonyl (C=O) groups excluding carboxylic acids is 3. The van der Waals surface area contributed by atoms with Gasteiger partial charge in [0, 0.05) is 5.69 Å². The number of hydrogen-bond acceptors (Lipinski definition) is 6. The van der Waals surface area contributed by atoms with Crippen molar-refractivity contribution in [3.8, 4) is 5.75 Å². The van der Waals surface area contributed by atoms with Crippen molar-refractivity contribution in [3.05, 3.63) is 83.8 Å². The summed E-state index contributed by atoms with van der Waals surface area (Å²) in [5.74, 6) is -1.03. The normalized spacial score (nSPS) is 10.6. The van der Waals surface area contributed by atoms with Gasteiger partial charge in [-0.1, -0.05) is 37.3 Å². The van der Waals surface area contributed by atoms with Crippen molar-refractivity contribution < 1.29 is 23.5 Å². The molecule has 0 aliphatic carbocycles. The number of para-hydroxylation sites is 1. The first-order valence-corrected chi connectivity index (χ1v) is 10.3. The lowest BCUT2D eigenvalue weighted by molar-refractivity contribution is -0.139. The molecule has 9 heteroatoms. The molecular formula is C24H24N4O5. The highest BCUT2D eigenvalue weighted by molar-refractivity contribution is 6.35. The molecule has 3 amide bonds. The van der Waals surface area contributed by atoms with E-state index in [0.29, 0.717) is 17.1 Å². The van der Waals surface area contributed by atoms with Gasteiger partial charge < -0.3 is 19.8 Å². The Labute approximate surface area is 190 Å². The number of benzene rings is 2. The van der Waals surface area contributed by atoms with Gasteiger partial charge in [-0.25, -0.2) is 5.43 Å². The van der Waals surface area contributed by atoms with Crippen LogP contribution in [0.25, 0.3) is 0 Å². The van der Waals surface area contributed by atoms with Gasteiger partial charge >= 0.3 is 11.8 Å². The molecule has 0 aliphatic heterocycles. The molecule has 0 unspecified atom stereocenters. The first kappa shape index (κ1) is 23.3. The minimum absolute atomic E-state index is 0.0972. The molecule has 0 fully saturated rings. The fraction of sp³-hybridized carbons (Fsp3) is 0.167. The van der Waals surface area contributed by atoms with E-state index in [1.807, 2.05) is 31.2 Å². The molecule has 0 bridgehead atoms. The average Bonchev–Trinajstić information content (AvgIpc) is 3.35. The Bertz CT molecular complexity index is 1130. The summed E-state index contributed by atoms with van der Waals surface area (Å²) in [4.78, 5) is 35.8. The van der Waals surface area contributed by atoms with Crippen LogP contribution in [0.1, 0.15) is 23.8 Å². The van der Waals surface area contributed by atoms with E-state index in [9.17, 15) is 14.4 Å². The van der Waals surface area contributed by atoms with E-state index in [4.69, 9.17) is 9.15 Å². The van der Waals surface area contributed by atoms with Crippen LogP contribution in [0.3, 0.4) is 0 Å². The van der Waals surface area contributed by atoms with Crippen LogP contribution in [0.15, 0.2) is 76.4 Å². The van der Waals surface area contributed by atoms with Crippen molar-refractivity contribution in [2.75, 3.05) is 11.9 Å². The Hall–Kier alpha value is -4.40. The fourth-order valence-electron chi connectivity index (χ4n) is 2.85. The van der Waals surface area contributed by atoms with E-state index < -0.39 is 11.8 Å². The summed E-state index contributed by atoms with van der Waals surface area (Å²) in [6.45, 7) is 1.95. The summed E-state index contributed by atoms with van der Waals surface area (Å²) < 4.78 is 10.6. The number of carbonyl (C=O) groups is 3. The third-order valence-electron chi connectivity index (χ3n) is 4.49. The lowest BCUT2D eigenvalue weighted by atomic mass is 10.1. The van der Waals surface area contributed by atoms with E-state index in [-0.39, 0.29) is 19.1 Å². The van der Waals surface area contributed by atoms with E-state index in [1.165, 1.54) is 12.5 Å². The molecule has 1 heterocycles. The molecule has 3 aromatic rings. The van der Waals surface area contributed by atoms with Crippen molar-refractivity contribution in [3.63, 3.8) is 0 Å². The third kappa shape index (κ3) is 7.35. The van der Waals surface area contributed by atoms with Crippen LogP contribution in [0.5, 0.6) is 5.75 Å². The van der Waals surface area contributed by atoms with Crippen molar-refractivity contribution in [1.82, 2.24) is 10.7 Å². The number of amides is 3. The van der Waals surface area contributed by atoms with Gasteiger partial charge in [-0.3, -0.25) is 14.4 Å². The number of nitrogens with one attached hydrogen (secondary N) is 3. The second-order valence-electron chi connectivity index (χ2n) is 6.88. The summed E-state index contributed by atoms with van der Waals surface area (Å²) in [5, 5.41) is 9.03. The summed E-state index contributed by atoms with van der Waals surface area (Å²) >= 11 is 0. The monoisotopic (exact) mass is 448 g/mol. The number of furan rings is 1. The van der Waals surface area contributed by atoms with Crippen molar-refractivity contribution in [2.45, 2.75) is 19.9 Å². The van der Waals surface area contributed by atoms with Crippen LogP contribution < -0.4 is 20.8 Å². The van der Waals surface area contributed by atoms with E-state index in [0.717, 1.165) is 17.7 Å². The highest BCUT2D eigenvalue weighted by Gasteiger charge is 2.12. The van der Waals surface area contributed by atoms with Crippen molar-refractivity contribution in [2.24, 2.45) is 5.10 Å². The highest BCUT2D eigenvalue weighted by atomic mass is 16.5. The van der Waals surface area contributed by atoms with Crippen LogP contribution in [0.4, 0.5) is 5.69 Å². The number of aryl methyl sites for hydroxylation is 1. The number of hydrogen-bond donors (Lipinski definition) is 3. The highest BCUT2D eigenvalue weighted by Crippen LogP contribution is 2.16. The van der Waals surface area contributed by atoms with Crippen molar-refractivity contribution in [1.29, 1.82) is 0 Å². The molecule has 0 saturated heterocycles.